The molecule has 30 heavy (non-hydrogen) atoms. The molecule has 0 saturated heterocycles. The first-order chi connectivity index (χ1) is 14.6. The molecule has 0 aliphatic heterocycles. The maximum Gasteiger partial charge on any atom is 0.262 e. The van der Waals surface area contributed by atoms with Gasteiger partial charge in [0, 0.05) is 6.54 Å². The van der Waals surface area contributed by atoms with Gasteiger partial charge in [-0.3, -0.25) is 4.79 Å². The standard InChI is InChI=1S/C23H22ClFN2O3/c1-2-29-22-13-16(14-26-19-9-5-3-7-17(19)24)11-12-21(22)30-15-23(28)27-20-10-6-4-8-18(20)25/h3-13,26H,2,14-15H2,1H3,(H,27,28). The summed E-state index contributed by atoms with van der Waals surface area (Å²) in [6, 6.07) is 18.9. The van der Waals surface area contributed by atoms with Crippen molar-refractivity contribution in [3.8, 4) is 11.5 Å². The third-order valence-corrected chi connectivity index (χ3v) is 4.50. The summed E-state index contributed by atoms with van der Waals surface area (Å²) >= 11 is 6.17. The molecule has 0 atom stereocenters. The lowest BCUT2D eigenvalue weighted by Crippen LogP contribution is -2.21. The Morgan fingerprint density at radius 2 is 1.70 bits per heavy atom. The normalized spacial score (nSPS) is 10.4. The van der Waals surface area contributed by atoms with Crippen LogP contribution in [0.5, 0.6) is 11.5 Å². The molecule has 5 nitrogen and oxygen atoms in total. The van der Waals surface area contributed by atoms with Gasteiger partial charge in [-0.1, -0.05) is 41.9 Å². The van der Waals surface area contributed by atoms with E-state index in [1.807, 2.05) is 43.3 Å². The Kier molecular flexibility index (Phi) is 7.51. The first kappa shape index (κ1) is 21.5. The van der Waals surface area contributed by atoms with Crippen LogP contribution in [0, 0.1) is 5.82 Å². The van der Waals surface area contributed by atoms with E-state index in [0.29, 0.717) is 29.7 Å². The van der Waals surface area contributed by atoms with E-state index < -0.39 is 11.7 Å². The van der Waals surface area contributed by atoms with Crippen LogP contribution in [0.4, 0.5) is 15.8 Å². The number of benzene rings is 3. The topological polar surface area (TPSA) is 59.6 Å². The number of anilines is 2. The minimum atomic E-state index is -0.503. The van der Waals surface area contributed by atoms with Gasteiger partial charge in [0.2, 0.25) is 0 Å². The number of rotatable bonds is 9. The van der Waals surface area contributed by atoms with Crippen molar-refractivity contribution in [3.05, 3.63) is 83.1 Å². The number of amides is 1. The highest BCUT2D eigenvalue weighted by molar-refractivity contribution is 6.33. The molecule has 0 unspecified atom stereocenters. The van der Waals surface area contributed by atoms with Crippen LogP contribution in [0.3, 0.4) is 0 Å². The fourth-order valence-electron chi connectivity index (χ4n) is 2.74. The Bertz CT molecular complexity index is 1010. The molecule has 156 valence electrons. The highest BCUT2D eigenvalue weighted by atomic mass is 35.5. The van der Waals surface area contributed by atoms with Crippen LogP contribution in [0.1, 0.15) is 12.5 Å². The third-order valence-electron chi connectivity index (χ3n) is 4.17. The van der Waals surface area contributed by atoms with Gasteiger partial charge in [0.05, 0.1) is 23.0 Å². The van der Waals surface area contributed by atoms with Crippen LogP contribution >= 0.6 is 11.6 Å². The number of para-hydroxylation sites is 2. The summed E-state index contributed by atoms with van der Waals surface area (Å²) in [5, 5.41) is 6.40. The van der Waals surface area contributed by atoms with Crippen molar-refractivity contribution in [1.29, 1.82) is 0 Å². The van der Waals surface area contributed by atoms with Gasteiger partial charge in [0.15, 0.2) is 18.1 Å². The maximum absolute atomic E-state index is 13.7. The first-order valence-corrected chi connectivity index (χ1v) is 9.86. The summed E-state index contributed by atoms with van der Waals surface area (Å²) in [5.74, 6) is -0.0140. The van der Waals surface area contributed by atoms with Gasteiger partial charge in [-0.15, -0.1) is 0 Å². The van der Waals surface area contributed by atoms with Gasteiger partial charge in [-0.05, 0) is 48.9 Å². The van der Waals surface area contributed by atoms with E-state index in [4.69, 9.17) is 21.1 Å². The predicted octanol–water partition coefficient (Wildman–Crippen LogP) is 5.51. The summed E-state index contributed by atoms with van der Waals surface area (Å²) in [7, 11) is 0. The van der Waals surface area contributed by atoms with E-state index in [1.54, 1.807) is 18.2 Å². The van der Waals surface area contributed by atoms with Crippen LogP contribution in [-0.2, 0) is 11.3 Å². The molecule has 2 N–H and O–H groups in total. The van der Waals surface area contributed by atoms with Crippen molar-refractivity contribution in [2.75, 3.05) is 23.8 Å². The fourth-order valence-corrected chi connectivity index (χ4v) is 2.95. The molecule has 0 aliphatic rings. The maximum atomic E-state index is 13.7. The number of carbonyl (C=O) groups excluding carboxylic acids is 1. The molecule has 0 bridgehead atoms. The third kappa shape index (κ3) is 5.87. The van der Waals surface area contributed by atoms with E-state index in [-0.39, 0.29) is 12.3 Å². The van der Waals surface area contributed by atoms with Crippen molar-refractivity contribution in [1.82, 2.24) is 0 Å². The van der Waals surface area contributed by atoms with Crippen LogP contribution in [0.15, 0.2) is 66.7 Å². The summed E-state index contributed by atoms with van der Waals surface area (Å²) in [6.45, 7) is 2.58. The average Bonchev–Trinajstić information content (AvgIpc) is 2.74. The quantitative estimate of drug-likeness (QED) is 0.472. The molecule has 3 aromatic rings. The highest BCUT2D eigenvalue weighted by Gasteiger charge is 2.11. The molecule has 3 rings (SSSR count). The molecular formula is C23H22ClFN2O3. The number of nitrogens with one attached hydrogen (secondary N) is 2. The van der Waals surface area contributed by atoms with Gasteiger partial charge < -0.3 is 20.1 Å². The van der Waals surface area contributed by atoms with Gasteiger partial charge in [0.25, 0.3) is 5.91 Å². The van der Waals surface area contributed by atoms with Crippen molar-refractivity contribution in [2.24, 2.45) is 0 Å². The Labute approximate surface area is 179 Å². The van der Waals surface area contributed by atoms with Gasteiger partial charge in [0.1, 0.15) is 5.82 Å². The van der Waals surface area contributed by atoms with Crippen LogP contribution in [0.25, 0.3) is 0 Å². The smallest absolute Gasteiger partial charge is 0.262 e. The minimum Gasteiger partial charge on any atom is -0.490 e. The van der Waals surface area contributed by atoms with E-state index >= 15 is 0 Å². The molecule has 0 radical (unpaired) electrons. The zero-order valence-electron chi connectivity index (χ0n) is 16.5. The summed E-state index contributed by atoms with van der Waals surface area (Å²) in [4.78, 5) is 12.1. The molecule has 3 aromatic carbocycles. The molecule has 7 heteroatoms. The van der Waals surface area contributed by atoms with Crippen LogP contribution < -0.4 is 20.1 Å². The zero-order chi connectivity index (χ0) is 21.3. The number of carbonyl (C=O) groups is 1. The van der Waals surface area contributed by atoms with Crippen molar-refractivity contribution < 1.29 is 18.7 Å². The second kappa shape index (κ2) is 10.5. The molecule has 0 spiro atoms. The van der Waals surface area contributed by atoms with E-state index in [1.165, 1.54) is 12.1 Å². The molecule has 0 saturated carbocycles. The SMILES string of the molecule is CCOc1cc(CNc2ccccc2Cl)ccc1OCC(=O)Nc1ccccc1F. The zero-order valence-corrected chi connectivity index (χ0v) is 17.2. The van der Waals surface area contributed by atoms with Gasteiger partial charge >= 0.3 is 0 Å². The van der Waals surface area contributed by atoms with Crippen LogP contribution in [0.2, 0.25) is 5.02 Å². The summed E-state index contributed by atoms with van der Waals surface area (Å²) < 4.78 is 24.9. The highest BCUT2D eigenvalue weighted by Crippen LogP contribution is 2.29. The number of ether oxygens (including phenoxy) is 2. The Hall–Kier alpha value is -3.25. The van der Waals surface area contributed by atoms with Gasteiger partial charge in [-0.2, -0.15) is 0 Å². The molecular weight excluding hydrogens is 407 g/mol. The molecule has 0 heterocycles. The van der Waals surface area contributed by atoms with E-state index in [9.17, 15) is 9.18 Å². The van der Waals surface area contributed by atoms with Gasteiger partial charge in [-0.25, -0.2) is 4.39 Å². The Morgan fingerprint density at radius 1 is 0.967 bits per heavy atom. The Morgan fingerprint density at radius 3 is 2.43 bits per heavy atom. The molecule has 1 amide bonds. The lowest BCUT2D eigenvalue weighted by Gasteiger charge is -2.14. The number of halogens is 2. The minimum absolute atomic E-state index is 0.108. The number of hydrogen-bond donors (Lipinski definition) is 2. The van der Waals surface area contributed by atoms with Crippen molar-refractivity contribution in [3.63, 3.8) is 0 Å². The van der Waals surface area contributed by atoms with E-state index in [0.717, 1.165) is 11.3 Å². The lowest BCUT2D eigenvalue weighted by molar-refractivity contribution is -0.118. The molecule has 0 aromatic heterocycles. The van der Waals surface area contributed by atoms with Crippen molar-refractivity contribution >= 4 is 28.9 Å². The second-order valence-electron chi connectivity index (χ2n) is 6.36. The fraction of sp³-hybridized carbons (Fsp3) is 0.174. The Balaban J connectivity index is 1.62. The first-order valence-electron chi connectivity index (χ1n) is 9.48. The largest absolute Gasteiger partial charge is 0.490 e. The molecule has 0 fully saturated rings. The summed E-state index contributed by atoms with van der Waals surface area (Å²) in [6.07, 6.45) is 0. The second-order valence-corrected chi connectivity index (χ2v) is 6.77. The molecule has 0 aliphatic carbocycles. The monoisotopic (exact) mass is 428 g/mol. The average molecular weight is 429 g/mol. The predicted molar refractivity (Wildman–Crippen MR) is 117 cm³/mol. The number of hydrogen-bond acceptors (Lipinski definition) is 4. The summed E-state index contributed by atoms with van der Waals surface area (Å²) in [5.41, 5.74) is 1.90. The lowest BCUT2D eigenvalue weighted by atomic mass is 10.2. The van der Waals surface area contributed by atoms with E-state index in [2.05, 4.69) is 10.6 Å². The van der Waals surface area contributed by atoms with Crippen LogP contribution in [-0.4, -0.2) is 19.1 Å². The van der Waals surface area contributed by atoms with Crippen molar-refractivity contribution in [2.45, 2.75) is 13.5 Å².